The number of allylic oxidation sites excluding steroid dienone is 1. The lowest BCUT2D eigenvalue weighted by atomic mass is 9.86. The number of fused-ring (bicyclic) bond motifs is 2. The zero-order valence-corrected chi connectivity index (χ0v) is 13.7. The van der Waals surface area contributed by atoms with Crippen LogP contribution in [0.3, 0.4) is 0 Å². The standard InChI is InChI=1S/C19H13F3N2O2/c1-26-18-7-6-14(16-10-17(19(20,21)22)23-24(16)18)15-9-12(25)8-11-4-2-3-5-13(11)15/h2-7,9-10H,8H2,1H3. The minimum Gasteiger partial charge on any atom is -0.481 e. The first-order chi connectivity index (χ1) is 12.4. The van der Waals surface area contributed by atoms with Crippen molar-refractivity contribution in [2.45, 2.75) is 12.6 Å². The summed E-state index contributed by atoms with van der Waals surface area (Å²) in [7, 11) is 1.36. The van der Waals surface area contributed by atoms with Crippen LogP contribution in [0.1, 0.15) is 22.4 Å². The average molecular weight is 358 g/mol. The molecular formula is C19H13F3N2O2. The summed E-state index contributed by atoms with van der Waals surface area (Å²) < 4.78 is 45.7. The first kappa shape index (κ1) is 16.4. The van der Waals surface area contributed by atoms with Crippen LogP contribution in [0.5, 0.6) is 5.88 Å². The number of ether oxygens (including phenoxy) is 1. The summed E-state index contributed by atoms with van der Waals surface area (Å²) in [5.74, 6) is 0.0819. The van der Waals surface area contributed by atoms with Gasteiger partial charge in [0.15, 0.2) is 11.5 Å². The lowest BCUT2D eigenvalue weighted by Gasteiger charge is -2.18. The maximum Gasteiger partial charge on any atom is 0.435 e. The molecule has 2 aromatic heterocycles. The number of nitrogens with zero attached hydrogens (tertiary/aromatic N) is 2. The number of ketones is 1. The van der Waals surface area contributed by atoms with E-state index in [1.165, 1.54) is 19.3 Å². The van der Waals surface area contributed by atoms with Crippen LogP contribution < -0.4 is 4.74 Å². The molecule has 0 N–H and O–H groups in total. The number of pyridine rings is 1. The van der Waals surface area contributed by atoms with Crippen molar-refractivity contribution in [3.63, 3.8) is 0 Å². The van der Waals surface area contributed by atoms with Crippen molar-refractivity contribution in [3.05, 3.63) is 70.9 Å². The van der Waals surface area contributed by atoms with Crippen LogP contribution in [-0.2, 0) is 17.4 Å². The molecule has 3 aromatic rings. The molecule has 132 valence electrons. The van der Waals surface area contributed by atoms with Crippen LogP contribution in [0.4, 0.5) is 13.2 Å². The SMILES string of the molecule is COc1ccc(C2=CC(=O)Cc3ccccc32)c2cc(C(F)(F)F)nn12. The minimum absolute atomic E-state index is 0.0942. The zero-order valence-electron chi connectivity index (χ0n) is 13.7. The number of halogens is 3. The number of benzene rings is 1. The molecule has 0 fully saturated rings. The third-order valence-corrected chi connectivity index (χ3v) is 4.35. The third kappa shape index (κ3) is 2.56. The zero-order chi connectivity index (χ0) is 18.5. The van der Waals surface area contributed by atoms with E-state index in [0.29, 0.717) is 11.1 Å². The van der Waals surface area contributed by atoms with Crippen molar-refractivity contribution >= 4 is 16.9 Å². The third-order valence-electron chi connectivity index (χ3n) is 4.35. The van der Waals surface area contributed by atoms with Crippen molar-refractivity contribution in [1.82, 2.24) is 9.61 Å². The minimum atomic E-state index is -4.58. The van der Waals surface area contributed by atoms with Crippen LogP contribution in [0.2, 0.25) is 0 Å². The summed E-state index contributed by atoms with van der Waals surface area (Å²) in [6.07, 6.45) is -2.83. The van der Waals surface area contributed by atoms with E-state index in [2.05, 4.69) is 5.10 Å². The summed E-state index contributed by atoms with van der Waals surface area (Å²) in [5, 5.41) is 3.64. The summed E-state index contributed by atoms with van der Waals surface area (Å²) in [6, 6.07) is 11.5. The lowest BCUT2D eigenvalue weighted by Crippen LogP contribution is -2.10. The number of methoxy groups -OCH3 is 1. The molecule has 0 saturated heterocycles. The molecule has 4 nitrogen and oxygen atoms in total. The Labute approximate surface area is 146 Å². The Balaban J connectivity index is 2.00. The smallest absolute Gasteiger partial charge is 0.435 e. The van der Waals surface area contributed by atoms with Gasteiger partial charge in [0, 0.05) is 18.1 Å². The number of carbonyl (C=O) groups excluding carboxylic acids is 1. The number of hydrogen-bond donors (Lipinski definition) is 0. The topological polar surface area (TPSA) is 43.6 Å². The number of rotatable bonds is 2. The molecule has 2 heterocycles. The normalized spacial score (nSPS) is 14.3. The monoisotopic (exact) mass is 358 g/mol. The van der Waals surface area contributed by atoms with Crippen LogP contribution in [0.25, 0.3) is 11.1 Å². The molecule has 0 aliphatic heterocycles. The molecule has 4 rings (SSSR count). The predicted octanol–water partition coefficient (Wildman–Crippen LogP) is 3.92. The van der Waals surface area contributed by atoms with E-state index in [-0.39, 0.29) is 23.6 Å². The van der Waals surface area contributed by atoms with Gasteiger partial charge in [-0.25, -0.2) is 0 Å². The second kappa shape index (κ2) is 5.72. The summed E-state index contributed by atoms with van der Waals surface area (Å²) in [4.78, 5) is 12.1. The molecule has 0 spiro atoms. The molecule has 0 radical (unpaired) electrons. The summed E-state index contributed by atoms with van der Waals surface area (Å²) in [6.45, 7) is 0. The fourth-order valence-corrected chi connectivity index (χ4v) is 3.21. The maximum absolute atomic E-state index is 13.2. The Hall–Kier alpha value is -3.09. The van der Waals surface area contributed by atoms with Gasteiger partial charge in [0.25, 0.3) is 0 Å². The van der Waals surface area contributed by atoms with Gasteiger partial charge in [-0.15, -0.1) is 0 Å². The van der Waals surface area contributed by atoms with Crippen molar-refractivity contribution in [2.24, 2.45) is 0 Å². The van der Waals surface area contributed by atoms with Gasteiger partial charge in [0.2, 0.25) is 5.88 Å². The van der Waals surface area contributed by atoms with Gasteiger partial charge in [-0.1, -0.05) is 24.3 Å². The van der Waals surface area contributed by atoms with Crippen molar-refractivity contribution < 1.29 is 22.7 Å². The lowest BCUT2D eigenvalue weighted by molar-refractivity contribution is -0.141. The quantitative estimate of drug-likeness (QED) is 0.697. The number of aromatic nitrogens is 2. The van der Waals surface area contributed by atoms with Crippen LogP contribution in [0, 0.1) is 0 Å². The second-order valence-electron chi connectivity index (χ2n) is 5.97. The largest absolute Gasteiger partial charge is 0.481 e. The van der Waals surface area contributed by atoms with Gasteiger partial charge in [0.1, 0.15) is 0 Å². The highest BCUT2D eigenvalue weighted by molar-refractivity contribution is 6.07. The Morgan fingerprint density at radius 3 is 2.62 bits per heavy atom. The van der Waals surface area contributed by atoms with Crippen LogP contribution in [0.15, 0.2) is 48.5 Å². The van der Waals surface area contributed by atoms with E-state index in [1.807, 2.05) is 24.3 Å². The van der Waals surface area contributed by atoms with E-state index in [1.54, 1.807) is 6.07 Å². The van der Waals surface area contributed by atoms with E-state index in [0.717, 1.165) is 21.7 Å². The van der Waals surface area contributed by atoms with Crippen molar-refractivity contribution in [3.8, 4) is 5.88 Å². The molecule has 1 aromatic carbocycles. The Morgan fingerprint density at radius 1 is 1.12 bits per heavy atom. The molecule has 0 amide bonds. The first-order valence-corrected chi connectivity index (χ1v) is 7.85. The number of alkyl halides is 3. The second-order valence-corrected chi connectivity index (χ2v) is 5.97. The number of hydrogen-bond acceptors (Lipinski definition) is 3. The molecule has 0 unspecified atom stereocenters. The van der Waals surface area contributed by atoms with E-state index in [4.69, 9.17) is 4.74 Å². The van der Waals surface area contributed by atoms with E-state index >= 15 is 0 Å². The van der Waals surface area contributed by atoms with E-state index in [9.17, 15) is 18.0 Å². The van der Waals surface area contributed by atoms with E-state index < -0.39 is 11.9 Å². The van der Waals surface area contributed by atoms with Gasteiger partial charge in [-0.2, -0.15) is 22.8 Å². The Bertz CT molecular complexity index is 1060. The fraction of sp³-hybridized carbons (Fsp3) is 0.158. The van der Waals surface area contributed by atoms with Crippen LogP contribution in [-0.4, -0.2) is 22.5 Å². The Morgan fingerprint density at radius 2 is 1.88 bits per heavy atom. The molecule has 7 heteroatoms. The van der Waals surface area contributed by atoms with Gasteiger partial charge in [0.05, 0.1) is 12.6 Å². The molecule has 0 saturated carbocycles. The molecule has 26 heavy (non-hydrogen) atoms. The highest BCUT2D eigenvalue weighted by Gasteiger charge is 2.35. The summed E-state index contributed by atoms with van der Waals surface area (Å²) >= 11 is 0. The Kier molecular flexibility index (Phi) is 3.61. The highest BCUT2D eigenvalue weighted by Crippen LogP contribution is 2.36. The van der Waals surface area contributed by atoms with Gasteiger partial charge < -0.3 is 4.74 Å². The average Bonchev–Trinajstić information content (AvgIpc) is 3.06. The first-order valence-electron chi connectivity index (χ1n) is 7.85. The predicted molar refractivity (Wildman–Crippen MR) is 89.0 cm³/mol. The molecule has 0 atom stereocenters. The van der Waals surface area contributed by atoms with Crippen LogP contribution >= 0.6 is 0 Å². The fourth-order valence-electron chi connectivity index (χ4n) is 3.21. The van der Waals surface area contributed by atoms with Gasteiger partial charge in [-0.3, -0.25) is 4.79 Å². The summed E-state index contributed by atoms with van der Waals surface area (Å²) in [5.41, 5.74) is 1.97. The number of carbonyl (C=O) groups is 1. The van der Waals surface area contributed by atoms with Crippen molar-refractivity contribution in [1.29, 1.82) is 0 Å². The molecule has 0 bridgehead atoms. The van der Waals surface area contributed by atoms with Crippen molar-refractivity contribution in [2.75, 3.05) is 7.11 Å². The highest BCUT2D eigenvalue weighted by atomic mass is 19.4. The van der Waals surface area contributed by atoms with Gasteiger partial charge >= 0.3 is 6.18 Å². The maximum atomic E-state index is 13.2. The molecule has 1 aliphatic rings. The van der Waals surface area contributed by atoms with Gasteiger partial charge in [-0.05, 0) is 34.9 Å². The molecule has 1 aliphatic carbocycles. The molecular weight excluding hydrogens is 345 g/mol.